The highest BCUT2D eigenvalue weighted by Gasteiger charge is 2.34. The summed E-state index contributed by atoms with van der Waals surface area (Å²) in [5.74, 6) is -1.48. The number of Topliss-reactive ketones (excluding diaryl/α,β-unsaturated/α-hetero) is 1. The molecule has 7 heteroatoms. The number of rotatable bonds is 7. The predicted molar refractivity (Wildman–Crippen MR) is 51.5 cm³/mol. The third-order valence-corrected chi connectivity index (χ3v) is 1.79. The van der Waals surface area contributed by atoms with E-state index < -0.39 is 36.7 Å². The van der Waals surface area contributed by atoms with Crippen molar-refractivity contribution in [2.45, 2.75) is 25.2 Å². The summed E-state index contributed by atoms with van der Waals surface area (Å²) in [7, 11) is 1.26. The highest BCUT2D eigenvalue weighted by atomic mass is 16.6. The van der Waals surface area contributed by atoms with E-state index in [0.717, 1.165) is 6.92 Å². The molecule has 0 saturated heterocycles. The summed E-state index contributed by atoms with van der Waals surface area (Å²) in [4.78, 5) is 22.1. The first-order valence-electron chi connectivity index (χ1n) is 4.59. The number of aliphatic hydroxyl groups excluding tert-OH is 3. The molecule has 0 saturated carbocycles. The fourth-order valence-corrected chi connectivity index (χ4v) is 1.04. The first-order chi connectivity index (χ1) is 7.43. The Morgan fingerprint density at radius 3 is 2.25 bits per heavy atom. The van der Waals surface area contributed by atoms with Crippen molar-refractivity contribution in [1.82, 2.24) is 0 Å². The van der Waals surface area contributed by atoms with Gasteiger partial charge in [0, 0.05) is 14.0 Å². The van der Waals surface area contributed by atoms with Gasteiger partial charge < -0.3 is 24.8 Å². The quantitative estimate of drug-likeness (QED) is 0.432. The van der Waals surface area contributed by atoms with Crippen LogP contribution >= 0.6 is 0 Å². The summed E-state index contributed by atoms with van der Waals surface area (Å²) in [6.07, 6.45) is -4.79. The van der Waals surface area contributed by atoms with Crippen LogP contribution in [0.3, 0.4) is 0 Å². The molecule has 16 heavy (non-hydrogen) atoms. The van der Waals surface area contributed by atoms with Crippen molar-refractivity contribution >= 4 is 11.8 Å². The van der Waals surface area contributed by atoms with Gasteiger partial charge in [0.2, 0.25) is 5.78 Å². The molecule has 3 atom stereocenters. The molecule has 0 fully saturated rings. The van der Waals surface area contributed by atoms with Crippen molar-refractivity contribution in [3.8, 4) is 0 Å². The summed E-state index contributed by atoms with van der Waals surface area (Å²) < 4.78 is 9.09. The Kier molecular flexibility index (Phi) is 6.82. The minimum atomic E-state index is -1.68. The van der Waals surface area contributed by atoms with E-state index in [2.05, 4.69) is 9.47 Å². The number of methoxy groups -OCH3 is 1. The highest BCUT2D eigenvalue weighted by Crippen LogP contribution is 2.07. The first-order valence-corrected chi connectivity index (χ1v) is 4.59. The van der Waals surface area contributed by atoms with Gasteiger partial charge in [-0.2, -0.15) is 0 Å². The maximum absolute atomic E-state index is 11.4. The molecule has 0 unspecified atom stereocenters. The largest absolute Gasteiger partial charge is 0.452 e. The molecule has 0 amide bonds. The zero-order chi connectivity index (χ0) is 12.7. The molecule has 0 bridgehead atoms. The second-order valence-corrected chi connectivity index (χ2v) is 3.17. The van der Waals surface area contributed by atoms with Crippen molar-refractivity contribution in [2.24, 2.45) is 0 Å². The SMILES string of the molecule is COCC(=O)[C@@H](OC(C)=O)[C@H](O)[C@H](O)CO. The number of ketones is 1. The molecule has 94 valence electrons. The minimum absolute atomic E-state index is 0.368. The summed E-state index contributed by atoms with van der Waals surface area (Å²) in [6.45, 7) is -0.0581. The van der Waals surface area contributed by atoms with Crippen molar-refractivity contribution < 1.29 is 34.4 Å². The number of aliphatic hydroxyl groups is 3. The molecule has 0 aliphatic rings. The average Bonchev–Trinajstić information content (AvgIpc) is 2.23. The lowest BCUT2D eigenvalue weighted by molar-refractivity contribution is -0.168. The molecule has 0 aliphatic heterocycles. The highest BCUT2D eigenvalue weighted by molar-refractivity contribution is 5.87. The maximum atomic E-state index is 11.4. The normalized spacial score (nSPS) is 16.3. The summed E-state index contributed by atoms with van der Waals surface area (Å²) in [5, 5.41) is 27.2. The molecule has 0 aromatic carbocycles. The van der Waals surface area contributed by atoms with Gasteiger partial charge in [0.15, 0.2) is 6.10 Å². The van der Waals surface area contributed by atoms with Crippen LogP contribution in [0.15, 0.2) is 0 Å². The molecule has 0 radical (unpaired) electrons. The topological polar surface area (TPSA) is 113 Å². The summed E-state index contributed by atoms with van der Waals surface area (Å²) in [6, 6.07) is 0. The van der Waals surface area contributed by atoms with E-state index in [1.165, 1.54) is 7.11 Å². The Bertz CT molecular complexity index is 240. The van der Waals surface area contributed by atoms with Crippen LogP contribution in [0, 0.1) is 0 Å². The summed E-state index contributed by atoms with van der Waals surface area (Å²) in [5.41, 5.74) is 0. The van der Waals surface area contributed by atoms with E-state index in [4.69, 9.17) is 10.2 Å². The Morgan fingerprint density at radius 1 is 1.31 bits per heavy atom. The molecule has 0 spiro atoms. The number of ether oxygens (including phenoxy) is 2. The van der Waals surface area contributed by atoms with E-state index >= 15 is 0 Å². The Labute approximate surface area is 92.6 Å². The minimum Gasteiger partial charge on any atom is -0.452 e. The van der Waals surface area contributed by atoms with Crippen LogP contribution in [0.1, 0.15) is 6.92 Å². The van der Waals surface area contributed by atoms with Crippen LogP contribution in [-0.4, -0.2) is 65.7 Å². The molecule has 0 aliphatic carbocycles. The third-order valence-electron chi connectivity index (χ3n) is 1.79. The Balaban J connectivity index is 4.64. The number of carbonyl (C=O) groups is 2. The lowest BCUT2D eigenvalue weighted by atomic mass is 10.0. The van der Waals surface area contributed by atoms with E-state index in [-0.39, 0.29) is 6.61 Å². The van der Waals surface area contributed by atoms with Gasteiger partial charge in [-0.1, -0.05) is 0 Å². The van der Waals surface area contributed by atoms with Crippen LogP contribution in [0.2, 0.25) is 0 Å². The first kappa shape index (κ1) is 15.0. The van der Waals surface area contributed by atoms with Gasteiger partial charge in [-0.3, -0.25) is 9.59 Å². The van der Waals surface area contributed by atoms with E-state index in [9.17, 15) is 14.7 Å². The number of hydrogen-bond donors (Lipinski definition) is 3. The number of esters is 1. The second kappa shape index (κ2) is 7.29. The number of carbonyl (C=O) groups excluding carboxylic acids is 2. The molecule has 3 N–H and O–H groups in total. The van der Waals surface area contributed by atoms with Gasteiger partial charge in [0.1, 0.15) is 18.8 Å². The lowest BCUT2D eigenvalue weighted by Crippen LogP contribution is -2.47. The van der Waals surface area contributed by atoms with Crippen molar-refractivity contribution in [1.29, 1.82) is 0 Å². The van der Waals surface area contributed by atoms with Crippen LogP contribution in [0.5, 0.6) is 0 Å². The number of hydrogen-bond acceptors (Lipinski definition) is 7. The standard InChI is InChI=1S/C9H16O7/c1-5(11)16-9(7(13)4-15-2)8(14)6(12)3-10/h6,8-10,12,14H,3-4H2,1-2H3/t6-,8-,9-/m1/s1. The zero-order valence-corrected chi connectivity index (χ0v) is 9.12. The zero-order valence-electron chi connectivity index (χ0n) is 9.12. The second-order valence-electron chi connectivity index (χ2n) is 3.17. The maximum Gasteiger partial charge on any atom is 0.303 e. The van der Waals surface area contributed by atoms with Gasteiger partial charge in [0.05, 0.1) is 6.61 Å². The van der Waals surface area contributed by atoms with Crippen molar-refractivity contribution in [3.63, 3.8) is 0 Å². The summed E-state index contributed by atoms with van der Waals surface area (Å²) >= 11 is 0. The molecule has 7 nitrogen and oxygen atoms in total. The van der Waals surface area contributed by atoms with Gasteiger partial charge >= 0.3 is 5.97 Å². The van der Waals surface area contributed by atoms with Crippen LogP contribution in [0.4, 0.5) is 0 Å². The molecule has 0 heterocycles. The fourth-order valence-electron chi connectivity index (χ4n) is 1.04. The molecular formula is C9H16O7. The van der Waals surface area contributed by atoms with Gasteiger partial charge in [0.25, 0.3) is 0 Å². The van der Waals surface area contributed by atoms with E-state index in [1.54, 1.807) is 0 Å². The predicted octanol–water partition coefficient (Wildman–Crippen LogP) is -2.15. The molecular weight excluding hydrogens is 220 g/mol. The van der Waals surface area contributed by atoms with E-state index in [0.29, 0.717) is 0 Å². The molecule has 0 rings (SSSR count). The van der Waals surface area contributed by atoms with Gasteiger partial charge in [-0.05, 0) is 0 Å². The molecule has 0 aromatic rings. The van der Waals surface area contributed by atoms with E-state index in [1.807, 2.05) is 0 Å². The van der Waals surface area contributed by atoms with Crippen molar-refractivity contribution in [3.05, 3.63) is 0 Å². The fraction of sp³-hybridized carbons (Fsp3) is 0.778. The average molecular weight is 236 g/mol. The monoisotopic (exact) mass is 236 g/mol. The lowest BCUT2D eigenvalue weighted by Gasteiger charge is -2.24. The Morgan fingerprint density at radius 2 is 1.88 bits per heavy atom. The van der Waals surface area contributed by atoms with Crippen LogP contribution in [0.25, 0.3) is 0 Å². The molecule has 0 aromatic heterocycles. The Hall–Kier alpha value is -1.02. The van der Waals surface area contributed by atoms with Gasteiger partial charge in [-0.15, -0.1) is 0 Å². The third kappa shape index (κ3) is 4.67. The van der Waals surface area contributed by atoms with Gasteiger partial charge in [-0.25, -0.2) is 0 Å². The van der Waals surface area contributed by atoms with Crippen LogP contribution < -0.4 is 0 Å². The smallest absolute Gasteiger partial charge is 0.303 e. The van der Waals surface area contributed by atoms with Crippen molar-refractivity contribution in [2.75, 3.05) is 20.3 Å². The van der Waals surface area contributed by atoms with Crippen LogP contribution in [-0.2, 0) is 19.1 Å².